The topological polar surface area (TPSA) is 35.6 Å². The number of aryl methyl sites for hydroxylation is 1. The lowest BCUT2D eigenvalue weighted by Gasteiger charge is -2.36. The van der Waals surface area contributed by atoms with Crippen LogP contribution in [0.25, 0.3) is 0 Å². The first-order valence-electron chi connectivity index (χ1n) is 8.29. The van der Waals surface area contributed by atoms with Gasteiger partial charge in [-0.3, -0.25) is 9.69 Å². The van der Waals surface area contributed by atoms with E-state index in [2.05, 4.69) is 48.1 Å². The molecule has 1 aromatic rings. The lowest BCUT2D eigenvalue weighted by Crippen LogP contribution is -2.48. The fraction of sp³-hybridized carbons (Fsp3) is 0.706. The zero-order chi connectivity index (χ0) is 15.9. The van der Waals surface area contributed by atoms with E-state index in [9.17, 15) is 4.79 Å². The monoisotopic (exact) mass is 323 g/mol. The van der Waals surface area contributed by atoms with Gasteiger partial charge < -0.3 is 10.2 Å². The normalized spacial score (nSPS) is 18.3. The molecule has 0 bridgehead atoms. The van der Waals surface area contributed by atoms with Crippen LogP contribution < -0.4 is 5.32 Å². The quantitative estimate of drug-likeness (QED) is 0.835. The van der Waals surface area contributed by atoms with E-state index in [1.165, 1.54) is 9.75 Å². The van der Waals surface area contributed by atoms with Crippen molar-refractivity contribution >= 4 is 17.2 Å². The molecule has 22 heavy (non-hydrogen) atoms. The van der Waals surface area contributed by atoms with Gasteiger partial charge in [0.15, 0.2) is 0 Å². The highest BCUT2D eigenvalue weighted by Crippen LogP contribution is 2.15. The summed E-state index contributed by atoms with van der Waals surface area (Å²) in [6.07, 6.45) is 2.53. The minimum Gasteiger partial charge on any atom is -0.356 e. The molecule has 0 saturated carbocycles. The Hall–Kier alpha value is -0.910. The molecular weight excluding hydrogens is 294 g/mol. The Kier molecular flexibility index (Phi) is 6.86. The van der Waals surface area contributed by atoms with Crippen molar-refractivity contribution in [1.29, 1.82) is 0 Å². The number of amides is 1. The van der Waals surface area contributed by atoms with Gasteiger partial charge >= 0.3 is 0 Å². The first-order chi connectivity index (χ1) is 10.5. The summed E-state index contributed by atoms with van der Waals surface area (Å²) in [6.45, 7) is 9.63. The highest BCUT2D eigenvalue weighted by molar-refractivity contribution is 7.11. The summed E-state index contributed by atoms with van der Waals surface area (Å²) in [5.41, 5.74) is 0. The van der Waals surface area contributed by atoms with Crippen molar-refractivity contribution in [2.24, 2.45) is 0 Å². The van der Waals surface area contributed by atoms with E-state index >= 15 is 0 Å². The molecule has 1 aliphatic heterocycles. The number of hydrogen-bond acceptors (Lipinski definition) is 4. The van der Waals surface area contributed by atoms with E-state index in [4.69, 9.17) is 0 Å². The lowest BCUT2D eigenvalue weighted by molar-refractivity contribution is -0.121. The van der Waals surface area contributed by atoms with Crippen LogP contribution in [0.2, 0.25) is 0 Å². The van der Waals surface area contributed by atoms with Crippen molar-refractivity contribution in [2.75, 3.05) is 39.8 Å². The van der Waals surface area contributed by atoms with Crippen LogP contribution in [0, 0.1) is 6.92 Å². The van der Waals surface area contributed by atoms with Crippen molar-refractivity contribution in [1.82, 2.24) is 15.1 Å². The van der Waals surface area contributed by atoms with Crippen molar-refractivity contribution in [3.8, 4) is 0 Å². The molecule has 2 rings (SSSR count). The molecule has 2 heterocycles. The molecule has 1 N–H and O–H groups in total. The molecule has 0 aliphatic carbocycles. The van der Waals surface area contributed by atoms with Gasteiger partial charge in [0.25, 0.3) is 0 Å². The molecule has 4 nitrogen and oxygen atoms in total. The van der Waals surface area contributed by atoms with Gasteiger partial charge in [-0.25, -0.2) is 0 Å². The van der Waals surface area contributed by atoms with Gasteiger partial charge in [0.2, 0.25) is 5.91 Å². The molecule has 0 aromatic carbocycles. The predicted octanol–water partition coefficient (Wildman–Crippen LogP) is 2.13. The summed E-state index contributed by atoms with van der Waals surface area (Å²) in [4.78, 5) is 19.5. The second-order valence-electron chi connectivity index (χ2n) is 6.34. The third kappa shape index (κ3) is 5.71. The average molecular weight is 324 g/mol. The van der Waals surface area contributed by atoms with E-state index in [1.807, 2.05) is 11.3 Å². The maximum atomic E-state index is 11.9. The molecule has 0 unspecified atom stereocenters. The van der Waals surface area contributed by atoms with Crippen LogP contribution in [-0.4, -0.2) is 61.5 Å². The highest BCUT2D eigenvalue weighted by atomic mass is 32.1. The number of nitrogens with one attached hydrogen (secondary N) is 1. The summed E-state index contributed by atoms with van der Waals surface area (Å²) in [7, 11) is 2.17. The first kappa shape index (κ1) is 17.4. The number of carbonyl (C=O) groups excluding carboxylic acids is 1. The maximum Gasteiger partial charge on any atom is 0.220 e. The van der Waals surface area contributed by atoms with E-state index in [-0.39, 0.29) is 5.91 Å². The fourth-order valence-electron chi connectivity index (χ4n) is 2.82. The Morgan fingerprint density at radius 2 is 2.05 bits per heavy atom. The van der Waals surface area contributed by atoms with E-state index in [0.717, 1.165) is 45.6 Å². The summed E-state index contributed by atoms with van der Waals surface area (Å²) in [5.74, 6) is 0.189. The van der Waals surface area contributed by atoms with E-state index in [1.54, 1.807) is 0 Å². The second-order valence-corrected chi connectivity index (χ2v) is 7.71. The molecule has 1 amide bonds. The Labute approximate surface area is 138 Å². The predicted molar refractivity (Wildman–Crippen MR) is 93.5 cm³/mol. The van der Waals surface area contributed by atoms with Gasteiger partial charge in [0.05, 0.1) is 0 Å². The summed E-state index contributed by atoms with van der Waals surface area (Å²) in [6, 6.07) is 4.79. The molecule has 0 spiro atoms. The van der Waals surface area contributed by atoms with Crippen molar-refractivity contribution in [3.05, 3.63) is 21.9 Å². The Morgan fingerprint density at radius 3 is 2.68 bits per heavy atom. The number of likely N-dealkylation sites (N-methyl/N-ethyl adjacent to an activating group) is 1. The first-order valence-corrected chi connectivity index (χ1v) is 9.11. The van der Waals surface area contributed by atoms with Gasteiger partial charge in [0, 0.05) is 54.9 Å². The summed E-state index contributed by atoms with van der Waals surface area (Å²) < 4.78 is 0. The van der Waals surface area contributed by atoms with Gasteiger partial charge in [-0.1, -0.05) is 0 Å². The minimum atomic E-state index is 0.189. The SMILES string of the molecule is Cc1ccc(CCNC(=O)CC[C@@H](C)N2CCN(C)CC2)s1. The highest BCUT2D eigenvalue weighted by Gasteiger charge is 2.19. The molecule has 1 fully saturated rings. The number of piperazine rings is 1. The number of thiophene rings is 1. The lowest BCUT2D eigenvalue weighted by atomic mass is 10.1. The second kappa shape index (κ2) is 8.65. The maximum absolute atomic E-state index is 11.9. The smallest absolute Gasteiger partial charge is 0.220 e. The standard InChI is InChI=1S/C17H29N3OS/c1-14(20-12-10-19(3)11-13-20)4-7-17(21)18-9-8-16-6-5-15(2)22-16/h5-6,14H,4,7-13H2,1-3H3,(H,18,21)/t14-/m1/s1. The van der Waals surface area contributed by atoms with Crippen LogP contribution in [-0.2, 0) is 11.2 Å². The molecule has 0 radical (unpaired) electrons. The Balaban J connectivity index is 1.58. The van der Waals surface area contributed by atoms with Crippen molar-refractivity contribution in [3.63, 3.8) is 0 Å². The van der Waals surface area contributed by atoms with Crippen LogP contribution in [0.4, 0.5) is 0 Å². The molecular formula is C17H29N3OS. The average Bonchev–Trinajstić information content (AvgIpc) is 2.91. The number of carbonyl (C=O) groups is 1. The van der Waals surface area contributed by atoms with Gasteiger partial charge in [-0.15, -0.1) is 11.3 Å². The largest absolute Gasteiger partial charge is 0.356 e. The number of hydrogen-bond donors (Lipinski definition) is 1. The minimum absolute atomic E-state index is 0.189. The molecule has 1 aromatic heterocycles. The van der Waals surface area contributed by atoms with Crippen LogP contribution >= 0.6 is 11.3 Å². The van der Waals surface area contributed by atoms with Gasteiger partial charge in [-0.05, 0) is 45.9 Å². The van der Waals surface area contributed by atoms with Crippen LogP contribution in [0.3, 0.4) is 0 Å². The molecule has 5 heteroatoms. The van der Waals surface area contributed by atoms with E-state index < -0.39 is 0 Å². The van der Waals surface area contributed by atoms with Crippen molar-refractivity contribution in [2.45, 2.75) is 39.2 Å². The van der Waals surface area contributed by atoms with Crippen LogP contribution in [0.1, 0.15) is 29.5 Å². The fourth-order valence-corrected chi connectivity index (χ4v) is 3.71. The third-order valence-electron chi connectivity index (χ3n) is 4.44. The molecule has 124 valence electrons. The zero-order valence-corrected chi connectivity index (χ0v) is 14.9. The van der Waals surface area contributed by atoms with Crippen LogP contribution in [0.15, 0.2) is 12.1 Å². The van der Waals surface area contributed by atoms with Gasteiger partial charge in [0.1, 0.15) is 0 Å². The Bertz CT molecular complexity index is 466. The Morgan fingerprint density at radius 1 is 1.32 bits per heavy atom. The zero-order valence-electron chi connectivity index (χ0n) is 14.1. The molecule has 1 atom stereocenters. The van der Waals surface area contributed by atoms with Gasteiger partial charge in [-0.2, -0.15) is 0 Å². The van der Waals surface area contributed by atoms with Crippen molar-refractivity contribution < 1.29 is 4.79 Å². The van der Waals surface area contributed by atoms with E-state index in [0.29, 0.717) is 12.5 Å². The number of rotatable bonds is 7. The number of nitrogens with zero attached hydrogens (tertiary/aromatic N) is 2. The summed E-state index contributed by atoms with van der Waals surface area (Å²) >= 11 is 1.81. The van der Waals surface area contributed by atoms with Crippen LogP contribution in [0.5, 0.6) is 0 Å². The molecule has 1 saturated heterocycles. The summed E-state index contributed by atoms with van der Waals surface area (Å²) in [5, 5.41) is 3.05. The molecule has 1 aliphatic rings. The third-order valence-corrected chi connectivity index (χ3v) is 5.50.